The first-order chi connectivity index (χ1) is 20.8. The molecule has 0 saturated heterocycles. The summed E-state index contributed by atoms with van der Waals surface area (Å²) < 4.78 is 0. The van der Waals surface area contributed by atoms with Crippen LogP contribution in [0.15, 0.2) is 103 Å². The van der Waals surface area contributed by atoms with Gasteiger partial charge in [0.25, 0.3) is 5.91 Å². The first-order valence-corrected chi connectivity index (χ1v) is 15.1. The van der Waals surface area contributed by atoms with E-state index in [0.717, 1.165) is 17.1 Å². The van der Waals surface area contributed by atoms with Crippen LogP contribution in [0.4, 0.5) is 17.1 Å². The van der Waals surface area contributed by atoms with Crippen LogP contribution in [-0.2, 0) is 9.59 Å². The summed E-state index contributed by atoms with van der Waals surface area (Å²) in [7, 11) is 0. The van der Waals surface area contributed by atoms with Crippen molar-refractivity contribution in [1.29, 1.82) is 0 Å². The Morgan fingerprint density at radius 1 is 0.435 bits per heavy atom. The van der Waals surface area contributed by atoms with Gasteiger partial charge in [0.15, 0.2) is 0 Å². The highest BCUT2D eigenvalue weighted by atomic mass is 16.2. The maximum Gasteiger partial charge on any atom is 0.255 e. The standard InChI is InChI=1S/C16H17NO.2C11H15NO.2CH4/c1-12(2)13-8-10-15(11-9-13)17-16(18)14-6-4-3-5-7-14;2*1-8(2)10-4-6-11(7-5-10)12-9(3)13;;/h3-12H,1-2H3,(H,17,18);2*4-8H,1-3H3,(H,12,13);2*1H4. The van der Waals surface area contributed by atoms with Crippen LogP contribution in [-0.4, -0.2) is 17.7 Å². The molecule has 0 spiro atoms. The quantitative estimate of drug-likeness (QED) is 0.191. The number of carbonyl (C=O) groups is 3. The van der Waals surface area contributed by atoms with Crippen LogP contribution in [0.5, 0.6) is 0 Å². The van der Waals surface area contributed by atoms with Gasteiger partial charge < -0.3 is 16.0 Å². The lowest BCUT2D eigenvalue weighted by atomic mass is 10.0. The normalized spacial score (nSPS) is 9.80. The Labute approximate surface area is 278 Å². The van der Waals surface area contributed by atoms with Crippen molar-refractivity contribution in [3.63, 3.8) is 0 Å². The van der Waals surface area contributed by atoms with E-state index in [4.69, 9.17) is 0 Å². The van der Waals surface area contributed by atoms with Gasteiger partial charge in [-0.3, -0.25) is 14.4 Å². The lowest BCUT2D eigenvalue weighted by molar-refractivity contribution is -0.115. The molecule has 0 heterocycles. The Hall–Kier alpha value is -4.71. The highest BCUT2D eigenvalue weighted by molar-refractivity contribution is 6.04. The fourth-order valence-corrected chi connectivity index (χ4v) is 4.05. The van der Waals surface area contributed by atoms with E-state index in [1.165, 1.54) is 30.5 Å². The van der Waals surface area contributed by atoms with Crippen LogP contribution < -0.4 is 16.0 Å². The molecule has 0 aliphatic heterocycles. The molecule has 4 aromatic carbocycles. The van der Waals surface area contributed by atoms with Crippen LogP contribution in [0.1, 0.15) is 115 Å². The molecular weight excluding hydrogens is 570 g/mol. The molecule has 0 bridgehead atoms. The molecular formula is C40H55N3O3. The van der Waals surface area contributed by atoms with Crippen LogP contribution >= 0.6 is 0 Å². The monoisotopic (exact) mass is 625 g/mol. The minimum absolute atomic E-state index is 0. The average molecular weight is 626 g/mol. The fraction of sp³-hybridized carbons (Fsp3) is 0.325. The van der Waals surface area contributed by atoms with Crippen molar-refractivity contribution >= 4 is 34.8 Å². The van der Waals surface area contributed by atoms with E-state index in [1.807, 2.05) is 91.0 Å². The topological polar surface area (TPSA) is 87.3 Å². The van der Waals surface area contributed by atoms with E-state index >= 15 is 0 Å². The molecule has 4 aromatic rings. The van der Waals surface area contributed by atoms with Crippen LogP contribution in [0.25, 0.3) is 0 Å². The number of hydrogen-bond donors (Lipinski definition) is 3. The molecule has 46 heavy (non-hydrogen) atoms. The van der Waals surface area contributed by atoms with E-state index in [-0.39, 0.29) is 32.6 Å². The zero-order valence-corrected chi connectivity index (χ0v) is 27.3. The summed E-state index contributed by atoms with van der Waals surface area (Å²) in [5.74, 6) is 1.43. The Balaban J connectivity index is 0.000000660. The minimum atomic E-state index is -0.0760. The van der Waals surface area contributed by atoms with Crippen LogP contribution in [0.3, 0.4) is 0 Å². The minimum Gasteiger partial charge on any atom is -0.326 e. The van der Waals surface area contributed by atoms with Crippen LogP contribution in [0.2, 0.25) is 0 Å². The van der Waals surface area contributed by atoms with Gasteiger partial charge in [-0.15, -0.1) is 0 Å². The summed E-state index contributed by atoms with van der Waals surface area (Å²) in [5, 5.41) is 8.35. The highest BCUT2D eigenvalue weighted by Gasteiger charge is 2.05. The number of carbonyl (C=O) groups excluding carboxylic acids is 3. The third-order valence-corrected chi connectivity index (χ3v) is 6.67. The summed E-state index contributed by atoms with van der Waals surface area (Å²) in [6, 6.07) is 33.1. The molecule has 0 aromatic heterocycles. The second kappa shape index (κ2) is 21.1. The number of benzene rings is 4. The van der Waals surface area contributed by atoms with Gasteiger partial charge >= 0.3 is 0 Å². The molecule has 248 valence electrons. The summed E-state index contributed by atoms with van der Waals surface area (Å²) in [5.41, 5.74) is 7.06. The van der Waals surface area contributed by atoms with Gasteiger partial charge in [-0.2, -0.15) is 0 Å². The second-order valence-electron chi connectivity index (χ2n) is 11.5. The lowest BCUT2D eigenvalue weighted by Gasteiger charge is -2.08. The van der Waals surface area contributed by atoms with Crippen LogP contribution in [0, 0.1) is 0 Å². The maximum absolute atomic E-state index is 11.9. The molecule has 3 N–H and O–H groups in total. The SMILES string of the molecule is C.C.CC(=O)Nc1ccc(C(C)C)cc1.CC(=O)Nc1ccc(C(C)C)cc1.CC(C)c1ccc(NC(=O)c2ccccc2)cc1. The van der Waals surface area contributed by atoms with E-state index in [1.54, 1.807) is 12.1 Å². The van der Waals surface area contributed by atoms with Crippen molar-refractivity contribution in [1.82, 2.24) is 0 Å². The fourth-order valence-electron chi connectivity index (χ4n) is 4.05. The second-order valence-corrected chi connectivity index (χ2v) is 11.5. The molecule has 3 amide bonds. The van der Waals surface area contributed by atoms with E-state index < -0.39 is 0 Å². The largest absolute Gasteiger partial charge is 0.326 e. The third-order valence-electron chi connectivity index (χ3n) is 6.67. The molecule has 0 atom stereocenters. The smallest absolute Gasteiger partial charge is 0.255 e. The number of anilines is 3. The van der Waals surface area contributed by atoms with Crippen molar-refractivity contribution in [3.05, 3.63) is 125 Å². The summed E-state index contributed by atoms with van der Waals surface area (Å²) in [6.45, 7) is 15.9. The molecule has 0 aliphatic rings. The Bertz CT molecular complexity index is 1380. The highest BCUT2D eigenvalue weighted by Crippen LogP contribution is 2.19. The lowest BCUT2D eigenvalue weighted by Crippen LogP contribution is -2.11. The summed E-state index contributed by atoms with van der Waals surface area (Å²) >= 11 is 0. The molecule has 4 rings (SSSR count). The summed E-state index contributed by atoms with van der Waals surface area (Å²) in [6.07, 6.45) is 0. The van der Waals surface area contributed by atoms with Gasteiger partial charge in [-0.25, -0.2) is 0 Å². The molecule has 6 heteroatoms. The van der Waals surface area contributed by atoms with Crippen molar-refractivity contribution in [2.24, 2.45) is 0 Å². The number of hydrogen-bond acceptors (Lipinski definition) is 3. The van der Waals surface area contributed by atoms with Gasteiger partial charge in [-0.05, 0) is 83.0 Å². The Morgan fingerprint density at radius 3 is 0.978 bits per heavy atom. The van der Waals surface area contributed by atoms with Crippen molar-refractivity contribution in [2.45, 2.75) is 88.0 Å². The predicted octanol–water partition coefficient (Wildman–Crippen LogP) is 10.9. The molecule has 0 radical (unpaired) electrons. The molecule has 6 nitrogen and oxygen atoms in total. The van der Waals surface area contributed by atoms with Crippen molar-refractivity contribution < 1.29 is 14.4 Å². The Kier molecular flexibility index (Phi) is 18.9. The number of nitrogens with one attached hydrogen (secondary N) is 3. The zero-order chi connectivity index (χ0) is 32.6. The third kappa shape index (κ3) is 15.3. The first kappa shape index (κ1) is 41.3. The van der Waals surface area contributed by atoms with E-state index in [2.05, 4.69) is 57.5 Å². The molecule has 0 unspecified atom stereocenters. The van der Waals surface area contributed by atoms with Gasteiger partial charge in [0.2, 0.25) is 11.8 Å². The summed E-state index contributed by atoms with van der Waals surface area (Å²) in [4.78, 5) is 33.4. The van der Waals surface area contributed by atoms with Gasteiger partial charge in [0.1, 0.15) is 0 Å². The van der Waals surface area contributed by atoms with Gasteiger partial charge in [-0.1, -0.05) is 111 Å². The molecule has 0 aliphatic carbocycles. The van der Waals surface area contributed by atoms with E-state index in [0.29, 0.717) is 23.3 Å². The van der Waals surface area contributed by atoms with Gasteiger partial charge in [0.05, 0.1) is 0 Å². The average Bonchev–Trinajstić information content (AvgIpc) is 2.98. The molecule has 0 saturated carbocycles. The number of rotatable bonds is 7. The maximum atomic E-state index is 11.9. The molecule has 0 fully saturated rings. The van der Waals surface area contributed by atoms with Crippen molar-refractivity contribution in [3.8, 4) is 0 Å². The van der Waals surface area contributed by atoms with Gasteiger partial charge in [0, 0.05) is 36.5 Å². The zero-order valence-electron chi connectivity index (χ0n) is 27.3. The first-order valence-electron chi connectivity index (χ1n) is 15.1. The predicted molar refractivity (Wildman–Crippen MR) is 198 cm³/mol. The number of amides is 3. The Morgan fingerprint density at radius 2 is 0.717 bits per heavy atom. The van der Waals surface area contributed by atoms with E-state index in [9.17, 15) is 14.4 Å². The van der Waals surface area contributed by atoms with Crippen molar-refractivity contribution in [2.75, 3.05) is 16.0 Å².